The molecule has 0 bridgehead atoms. The molecule has 1 aliphatic heterocycles. The number of hydrogen-bond donors (Lipinski definition) is 2. The van der Waals surface area contributed by atoms with Gasteiger partial charge in [0.2, 0.25) is 5.90 Å². The van der Waals surface area contributed by atoms with E-state index in [1.165, 1.54) is 0 Å². The number of carbonyl (C=O) groups is 1. The topological polar surface area (TPSA) is 132 Å². The van der Waals surface area contributed by atoms with Gasteiger partial charge < -0.3 is 24.8 Å². The second kappa shape index (κ2) is 16.7. The Balaban J connectivity index is 1.43. The van der Waals surface area contributed by atoms with Crippen molar-refractivity contribution in [3.63, 3.8) is 0 Å². The summed E-state index contributed by atoms with van der Waals surface area (Å²) in [5, 5.41) is 16.2. The Hall–Kier alpha value is -6.09. The number of anilines is 1. The third-order valence-corrected chi connectivity index (χ3v) is 9.14. The fourth-order valence-electron chi connectivity index (χ4n) is 6.29. The summed E-state index contributed by atoms with van der Waals surface area (Å²) in [5.74, 6) is 0.691. The van der Waals surface area contributed by atoms with Gasteiger partial charge in [-0.2, -0.15) is 0 Å². The number of hydrogen-bond acceptors (Lipinski definition) is 7. The summed E-state index contributed by atoms with van der Waals surface area (Å²) in [7, 11) is 3.97. The molecule has 0 unspecified atom stereocenters. The Bertz CT molecular complexity index is 2030. The SMILES string of the molecule is CN(C)c1ccc(CNC(=O)[C@]2(Cc3ccccc3CN=[N+]=[N-])N=C(c3ccc(OCCCO)cc3)O[C@@H]2c2ccc(-c3ccccc3)cc2)cc1. The van der Waals surface area contributed by atoms with Crippen LogP contribution in [0.4, 0.5) is 5.69 Å². The molecular formula is C42H42N6O4. The number of amides is 1. The van der Waals surface area contributed by atoms with Crippen LogP contribution in [0.2, 0.25) is 0 Å². The summed E-state index contributed by atoms with van der Waals surface area (Å²) < 4.78 is 12.5. The van der Waals surface area contributed by atoms with Crippen LogP contribution in [-0.2, 0) is 29.0 Å². The quantitative estimate of drug-likeness (QED) is 0.0500. The van der Waals surface area contributed by atoms with Crippen LogP contribution in [0.5, 0.6) is 5.75 Å². The molecule has 2 atom stereocenters. The van der Waals surface area contributed by atoms with Gasteiger partial charge in [-0.1, -0.05) is 96.1 Å². The molecule has 0 saturated carbocycles. The Kier molecular flexibility index (Phi) is 11.5. The molecule has 6 rings (SSSR count). The molecule has 10 heteroatoms. The highest BCUT2D eigenvalue weighted by atomic mass is 16.5. The number of aliphatic hydroxyl groups is 1. The van der Waals surface area contributed by atoms with Crippen molar-refractivity contribution in [1.29, 1.82) is 0 Å². The summed E-state index contributed by atoms with van der Waals surface area (Å²) in [6.45, 7) is 0.867. The minimum Gasteiger partial charge on any atom is -0.494 e. The van der Waals surface area contributed by atoms with Gasteiger partial charge in [0.05, 0.1) is 13.2 Å². The maximum Gasteiger partial charge on any atom is 0.252 e. The molecule has 0 aromatic heterocycles. The van der Waals surface area contributed by atoms with Gasteiger partial charge in [0, 0.05) is 56.3 Å². The first-order valence-corrected chi connectivity index (χ1v) is 17.3. The molecule has 0 spiro atoms. The number of aliphatic hydroxyl groups excluding tert-OH is 1. The predicted octanol–water partition coefficient (Wildman–Crippen LogP) is 7.81. The van der Waals surface area contributed by atoms with Crippen LogP contribution in [-0.4, -0.2) is 49.8 Å². The number of azide groups is 1. The third-order valence-electron chi connectivity index (χ3n) is 9.14. The fourth-order valence-corrected chi connectivity index (χ4v) is 6.29. The lowest BCUT2D eigenvalue weighted by molar-refractivity contribution is -0.129. The second-order valence-corrected chi connectivity index (χ2v) is 12.9. The van der Waals surface area contributed by atoms with Gasteiger partial charge >= 0.3 is 0 Å². The van der Waals surface area contributed by atoms with E-state index in [4.69, 9.17) is 25.1 Å². The largest absolute Gasteiger partial charge is 0.494 e. The van der Waals surface area contributed by atoms with Crippen molar-refractivity contribution in [3.8, 4) is 16.9 Å². The molecule has 1 aliphatic rings. The number of rotatable bonds is 15. The molecule has 2 N–H and O–H groups in total. The van der Waals surface area contributed by atoms with E-state index in [0.717, 1.165) is 39.1 Å². The van der Waals surface area contributed by atoms with E-state index < -0.39 is 11.6 Å². The van der Waals surface area contributed by atoms with E-state index in [1.807, 2.05) is 134 Å². The Labute approximate surface area is 304 Å². The van der Waals surface area contributed by atoms with Crippen LogP contribution in [0, 0.1) is 0 Å². The van der Waals surface area contributed by atoms with Crippen molar-refractivity contribution in [2.24, 2.45) is 10.1 Å². The monoisotopic (exact) mass is 694 g/mol. The van der Waals surface area contributed by atoms with Crippen LogP contribution in [0.15, 0.2) is 138 Å². The lowest BCUT2D eigenvalue weighted by Crippen LogP contribution is -2.49. The second-order valence-electron chi connectivity index (χ2n) is 12.9. The first-order valence-electron chi connectivity index (χ1n) is 17.3. The van der Waals surface area contributed by atoms with Gasteiger partial charge in [0.15, 0.2) is 11.6 Å². The van der Waals surface area contributed by atoms with Crippen molar-refractivity contribution in [1.82, 2.24) is 5.32 Å². The van der Waals surface area contributed by atoms with Crippen LogP contribution in [0.3, 0.4) is 0 Å². The number of benzene rings is 5. The van der Waals surface area contributed by atoms with Crippen LogP contribution >= 0.6 is 0 Å². The van der Waals surface area contributed by atoms with E-state index in [9.17, 15) is 4.79 Å². The standard InChI is InChI=1S/C42H42N6O4/c1-48(2)37-21-13-30(14-22-37)28-44-41(50)42(27-35-11-6-7-12-36(35)29-45-47-43)39(33-17-15-32(16-18-33)31-9-4-3-5-10-31)52-40(46-42)34-19-23-38(24-20-34)51-26-8-25-49/h3-7,9-24,39,49H,8,25-29H2,1-2H3,(H,44,50)/t39-,42-/m1/s1. The smallest absolute Gasteiger partial charge is 0.252 e. The lowest BCUT2D eigenvalue weighted by Gasteiger charge is -2.31. The zero-order chi connectivity index (χ0) is 36.3. The molecule has 0 saturated heterocycles. The Morgan fingerprint density at radius 3 is 2.21 bits per heavy atom. The first kappa shape index (κ1) is 35.7. The molecule has 0 aliphatic carbocycles. The summed E-state index contributed by atoms with van der Waals surface area (Å²) in [5.41, 5.74) is 14.9. The molecular weight excluding hydrogens is 652 g/mol. The number of aliphatic imine (C=N–C) groups is 1. The molecule has 5 aromatic rings. The van der Waals surface area contributed by atoms with Crippen molar-refractivity contribution < 1.29 is 19.4 Å². The average Bonchev–Trinajstić information content (AvgIpc) is 3.58. The zero-order valence-corrected chi connectivity index (χ0v) is 29.4. The predicted molar refractivity (Wildman–Crippen MR) is 204 cm³/mol. The highest BCUT2D eigenvalue weighted by Crippen LogP contribution is 2.43. The van der Waals surface area contributed by atoms with E-state index >= 15 is 0 Å². The van der Waals surface area contributed by atoms with Gasteiger partial charge in [0.1, 0.15) is 5.75 Å². The maximum absolute atomic E-state index is 14.9. The fraction of sp³-hybridized carbons (Fsp3) is 0.238. The Morgan fingerprint density at radius 2 is 1.54 bits per heavy atom. The first-order chi connectivity index (χ1) is 25.4. The lowest BCUT2D eigenvalue weighted by atomic mass is 9.80. The molecule has 1 amide bonds. The van der Waals surface area contributed by atoms with Gasteiger partial charge in [0.25, 0.3) is 5.91 Å². The van der Waals surface area contributed by atoms with Gasteiger partial charge in [-0.05, 0) is 75.3 Å². The highest BCUT2D eigenvalue weighted by Gasteiger charge is 2.53. The summed E-state index contributed by atoms with van der Waals surface area (Å²) in [6.07, 6.45) is -0.0793. The van der Waals surface area contributed by atoms with Gasteiger partial charge in [-0.25, -0.2) is 4.99 Å². The number of nitrogens with zero attached hydrogens (tertiary/aromatic N) is 5. The molecule has 52 heavy (non-hydrogen) atoms. The molecule has 10 nitrogen and oxygen atoms in total. The third kappa shape index (κ3) is 8.26. The molecule has 0 radical (unpaired) electrons. The van der Waals surface area contributed by atoms with Crippen LogP contribution < -0.4 is 15.0 Å². The Morgan fingerprint density at radius 1 is 0.885 bits per heavy atom. The van der Waals surface area contributed by atoms with Crippen molar-refractivity contribution in [2.45, 2.75) is 37.6 Å². The van der Waals surface area contributed by atoms with Crippen molar-refractivity contribution in [3.05, 3.63) is 166 Å². The summed E-state index contributed by atoms with van der Waals surface area (Å²) in [6, 6.07) is 41.2. The highest BCUT2D eigenvalue weighted by molar-refractivity contribution is 6.01. The van der Waals surface area contributed by atoms with Crippen molar-refractivity contribution in [2.75, 3.05) is 32.2 Å². The molecule has 264 valence electrons. The van der Waals surface area contributed by atoms with Gasteiger partial charge in [-0.15, -0.1) is 0 Å². The van der Waals surface area contributed by atoms with Gasteiger partial charge in [-0.3, -0.25) is 4.79 Å². The molecule has 1 heterocycles. The average molecular weight is 695 g/mol. The van der Waals surface area contributed by atoms with E-state index in [-0.39, 0.29) is 25.5 Å². The van der Waals surface area contributed by atoms with Crippen LogP contribution in [0.1, 0.15) is 40.3 Å². The number of carbonyl (C=O) groups excluding carboxylic acids is 1. The summed E-state index contributed by atoms with van der Waals surface area (Å²) in [4.78, 5) is 25.1. The summed E-state index contributed by atoms with van der Waals surface area (Å²) >= 11 is 0. The van der Waals surface area contributed by atoms with E-state index in [0.29, 0.717) is 36.8 Å². The normalized spacial score (nSPS) is 16.3. The minimum atomic E-state index is -1.43. The molecule has 5 aromatic carbocycles. The van der Waals surface area contributed by atoms with E-state index in [1.54, 1.807) is 0 Å². The number of ether oxygens (including phenoxy) is 2. The number of nitrogens with one attached hydrogen (secondary N) is 1. The molecule has 0 fully saturated rings. The maximum atomic E-state index is 14.9. The van der Waals surface area contributed by atoms with E-state index in [2.05, 4.69) is 27.5 Å². The minimum absolute atomic E-state index is 0.0496. The van der Waals surface area contributed by atoms with Crippen LogP contribution in [0.25, 0.3) is 21.6 Å². The van der Waals surface area contributed by atoms with Crippen molar-refractivity contribution >= 4 is 17.5 Å². The zero-order valence-electron chi connectivity index (χ0n) is 29.4.